The highest BCUT2D eigenvalue weighted by Crippen LogP contribution is 2.52. The van der Waals surface area contributed by atoms with Crippen LogP contribution in [0.2, 0.25) is 0 Å². The molecule has 3 aromatic rings. The van der Waals surface area contributed by atoms with Crippen LogP contribution in [-0.2, 0) is 9.47 Å². The molecule has 13 N–H and O–H groups in total. The average Bonchev–Trinajstić information content (AvgIpc) is 3.02. The second kappa shape index (κ2) is 12.8. The molecule has 1 aliphatic heterocycles. The molecule has 0 saturated carbocycles. The van der Waals surface area contributed by atoms with Gasteiger partial charge in [-0.2, -0.15) is 0 Å². The van der Waals surface area contributed by atoms with Gasteiger partial charge in [-0.15, -0.1) is 0 Å². The number of hydrogen-bond donors (Lipinski definition) is 13. The summed E-state index contributed by atoms with van der Waals surface area (Å²) in [5.74, 6) is -18.2. The monoisotopic (exact) mass is 668 g/mol. The van der Waals surface area contributed by atoms with Gasteiger partial charge < -0.3 is 85.3 Å². The number of phenolic OH excluding ortho intramolecular Hbond substituents is 7. The number of aliphatic hydroxyl groups excluding tert-OH is 4. The number of aromatic carboxylic acids is 2. The van der Waals surface area contributed by atoms with Crippen molar-refractivity contribution in [2.24, 2.45) is 0 Å². The summed E-state index contributed by atoms with van der Waals surface area (Å²) in [6.45, 7) is -0.859. The normalized spacial score (nSPS) is 20.7. The maximum Gasteiger partial charge on any atom is 0.340 e. The van der Waals surface area contributed by atoms with Crippen molar-refractivity contribution in [1.82, 2.24) is 0 Å². The molecule has 1 fully saturated rings. The molecule has 0 amide bonds. The number of carbonyl (C=O) groups excluding carboxylic acids is 1. The number of carbonyl (C=O) groups is 3. The number of carboxylic acid groups (broad SMARTS) is 2. The van der Waals surface area contributed by atoms with Gasteiger partial charge in [0.1, 0.15) is 35.5 Å². The molecular weight excluding hydrogens is 644 g/mol. The Morgan fingerprint density at radius 1 is 0.638 bits per heavy atom. The average molecular weight is 668 g/mol. The molecular formula is C27H24O20. The molecule has 20 nitrogen and oxygen atoms in total. The van der Waals surface area contributed by atoms with Crippen LogP contribution < -0.4 is 9.47 Å². The van der Waals surface area contributed by atoms with Gasteiger partial charge in [-0.1, -0.05) is 0 Å². The summed E-state index contributed by atoms with van der Waals surface area (Å²) >= 11 is 0. The molecule has 20 heteroatoms. The van der Waals surface area contributed by atoms with Gasteiger partial charge in [0, 0.05) is 12.1 Å². The molecule has 5 atom stereocenters. The first-order chi connectivity index (χ1) is 22.0. The Balaban J connectivity index is 1.71. The number of carboxylic acids is 2. The quantitative estimate of drug-likeness (QED) is 0.101. The van der Waals surface area contributed by atoms with Crippen LogP contribution in [0.25, 0.3) is 0 Å². The Hall–Kier alpha value is -5.93. The number of aliphatic hydroxyl groups is 4. The number of benzene rings is 3. The van der Waals surface area contributed by atoms with Gasteiger partial charge in [0.05, 0.1) is 12.2 Å². The number of esters is 1. The van der Waals surface area contributed by atoms with Crippen molar-refractivity contribution < 1.29 is 99.7 Å². The number of ether oxygens (including phenoxy) is 4. The lowest BCUT2D eigenvalue weighted by Gasteiger charge is -2.39. The molecule has 1 heterocycles. The molecule has 0 spiro atoms. The van der Waals surface area contributed by atoms with Crippen LogP contribution >= 0.6 is 0 Å². The van der Waals surface area contributed by atoms with E-state index in [4.69, 9.17) is 18.9 Å². The highest BCUT2D eigenvalue weighted by atomic mass is 16.7. The maximum atomic E-state index is 12.8. The van der Waals surface area contributed by atoms with Gasteiger partial charge >= 0.3 is 17.9 Å². The first-order valence-corrected chi connectivity index (χ1v) is 12.7. The van der Waals surface area contributed by atoms with Crippen molar-refractivity contribution in [2.75, 3.05) is 6.61 Å². The van der Waals surface area contributed by atoms with E-state index in [1.807, 2.05) is 0 Å². The standard InChI is InChI=1S/C27H24O20/c28-5-13-17(34)18(35)21(38)27(46-13)47-26(43)6-1-9(29)14(31)11(2-6)44-23-8(25(41)42)4-12(16(33)20(23)37)45-22-7(24(39)40)3-10(30)15(32)19(22)36/h1-4,13,17-18,21,27-38H,5H2,(H,39,40)(H,41,42). The zero-order chi connectivity index (χ0) is 35.1. The van der Waals surface area contributed by atoms with Crippen LogP contribution in [0, 0.1) is 0 Å². The summed E-state index contributed by atoms with van der Waals surface area (Å²) in [4.78, 5) is 36.5. The van der Waals surface area contributed by atoms with Crippen LogP contribution in [0.4, 0.5) is 0 Å². The number of phenols is 7. The van der Waals surface area contributed by atoms with E-state index in [1.165, 1.54) is 0 Å². The summed E-state index contributed by atoms with van der Waals surface area (Å²) in [6.07, 6.45) is -9.17. The minimum absolute atomic E-state index is 0.440. The number of hydrogen-bond acceptors (Lipinski definition) is 18. The Labute approximate surface area is 259 Å². The van der Waals surface area contributed by atoms with Crippen molar-refractivity contribution in [3.8, 4) is 63.2 Å². The smallest absolute Gasteiger partial charge is 0.340 e. The fourth-order valence-electron chi connectivity index (χ4n) is 4.19. The third kappa shape index (κ3) is 6.29. The first-order valence-electron chi connectivity index (χ1n) is 12.7. The van der Waals surface area contributed by atoms with Gasteiger partial charge in [0.15, 0.2) is 34.5 Å². The van der Waals surface area contributed by atoms with Crippen LogP contribution in [0.15, 0.2) is 24.3 Å². The van der Waals surface area contributed by atoms with E-state index < -0.39 is 135 Å². The molecule has 252 valence electrons. The summed E-state index contributed by atoms with van der Waals surface area (Å²) in [6, 6.07) is 2.13. The van der Waals surface area contributed by atoms with E-state index in [1.54, 1.807) is 0 Å². The lowest BCUT2D eigenvalue weighted by molar-refractivity contribution is -0.285. The summed E-state index contributed by atoms with van der Waals surface area (Å²) in [5, 5.41) is 130. The zero-order valence-electron chi connectivity index (χ0n) is 23.1. The van der Waals surface area contributed by atoms with Crippen molar-refractivity contribution >= 4 is 17.9 Å². The molecule has 1 saturated heterocycles. The minimum atomic E-state index is -2.02. The van der Waals surface area contributed by atoms with Crippen molar-refractivity contribution in [3.63, 3.8) is 0 Å². The van der Waals surface area contributed by atoms with E-state index in [9.17, 15) is 80.8 Å². The van der Waals surface area contributed by atoms with Gasteiger partial charge in [-0.25, -0.2) is 14.4 Å². The summed E-state index contributed by atoms with van der Waals surface area (Å²) in [5.41, 5.74) is -2.75. The van der Waals surface area contributed by atoms with Crippen LogP contribution in [-0.4, -0.2) is 122 Å². The molecule has 5 unspecified atom stereocenters. The largest absolute Gasteiger partial charge is 0.504 e. The van der Waals surface area contributed by atoms with Gasteiger partial charge in [0.2, 0.25) is 35.0 Å². The van der Waals surface area contributed by atoms with Crippen LogP contribution in [0.5, 0.6) is 63.2 Å². The number of rotatable bonds is 9. The van der Waals surface area contributed by atoms with E-state index >= 15 is 0 Å². The van der Waals surface area contributed by atoms with Crippen molar-refractivity contribution in [2.45, 2.75) is 30.7 Å². The Morgan fingerprint density at radius 2 is 1.15 bits per heavy atom. The second-order valence-electron chi connectivity index (χ2n) is 9.68. The lowest BCUT2D eigenvalue weighted by atomic mass is 9.99. The molecule has 0 aromatic heterocycles. The fourth-order valence-corrected chi connectivity index (χ4v) is 4.19. The van der Waals surface area contributed by atoms with Crippen molar-refractivity contribution in [3.05, 3.63) is 41.0 Å². The molecule has 47 heavy (non-hydrogen) atoms. The van der Waals surface area contributed by atoms with E-state index in [0.717, 1.165) is 0 Å². The minimum Gasteiger partial charge on any atom is -0.504 e. The number of aromatic hydroxyl groups is 7. The van der Waals surface area contributed by atoms with E-state index in [2.05, 4.69) is 0 Å². The maximum absolute atomic E-state index is 12.8. The first kappa shape index (κ1) is 34.0. The third-order valence-corrected chi connectivity index (χ3v) is 6.65. The molecule has 4 rings (SSSR count). The van der Waals surface area contributed by atoms with E-state index in [0.29, 0.717) is 24.3 Å². The van der Waals surface area contributed by atoms with Gasteiger partial charge in [-0.3, -0.25) is 0 Å². The molecule has 0 aliphatic carbocycles. The van der Waals surface area contributed by atoms with Crippen LogP contribution in [0.1, 0.15) is 31.1 Å². The second-order valence-corrected chi connectivity index (χ2v) is 9.68. The molecule has 0 bridgehead atoms. The summed E-state index contributed by atoms with van der Waals surface area (Å²) in [7, 11) is 0. The highest BCUT2D eigenvalue weighted by Gasteiger charge is 2.45. The van der Waals surface area contributed by atoms with Gasteiger partial charge in [-0.05, 0) is 12.1 Å². The molecule has 0 radical (unpaired) electrons. The topological polar surface area (TPSA) is 351 Å². The van der Waals surface area contributed by atoms with E-state index in [-0.39, 0.29) is 0 Å². The highest BCUT2D eigenvalue weighted by molar-refractivity contribution is 5.96. The Bertz CT molecular complexity index is 1750. The van der Waals surface area contributed by atoms with Gasteiger partial charge in [0.25, 0.3) is 0 Å². The third-order valence-electron chi connectivity index (χ3n) is 6.65. The zero-order valence-corrected chi connectivity index (χ0v) is 23.1. The predicted octanol–water partition coefficient (Wildman–Crippen LogP) is -0.437. The Morgan fingerprint density at radius 3 is 1.70 bits per heavy atom. The lowest BCUT2D eigenvalue weighted by Crippen LogP contribution is -2.59. The molecule has 3 aromatic carbocycles. The molecule has 1 aliphatic rings. The predicted molar refractivity (Wildman–Crippen MR) is 144 cm³/mol. The fraction of sp³-hybridized carbons (Fsp3) is 0.222. The summed E-state index contributed by atoms with van der Waals surface area (Å²) < 4.78 is 20.3. The Kier molecular flexibility index (Phi) is 9.26. The van der Waals surface area contributed by atoms with Crippen LogP contribution in [0.3, 0.4) is 0 Å². The van der Waals surface area contributed by atoms with Crippen molar-refractivity contribution in [1.29, 1.82) is 0 Å². The SMILES string of the molecule is O=C(OC1OC(CO)C(O)C(O)C1O)c1cc(O)c(O)c(Oc2c(C(=O)O)cc(Oc3c(C(=O)O)cc(O)c(O)c3O)c(O)c2O)c1.